The zero-order valence-electron chi connectivity index (χ0n) is 20.3. The van der Waals surface area contributed by atoms with Crippen LogP contribution in [-0.2, 0) is 18.9 Å². The fourth-order valence-electron chi connectivity index (χ4n) is 9.53. The second-order valence-corrected chi connectivity index (χ2v) is 13.5. The highest BCUT2D eigenvalue weighted by Gasteiger charge is 2.84. The highest BCUT2D eigenvalue weighted by Crippen LogP contribution is 2.74. The van der Waals surface area contributed by atoms with Crippen molar-refractivity contribution in [3.05, 3.63) is 12.2 Å². The first kappa shape index (κ1) is 20.9. The lowest BCUT2D eigenvalue weighted by atomic mass is 9.46. The number of ether oxygens (including phenoxy) is 4. The standard InChI is InChI=1S/C27H40O5/c1-14(23-29-12-24(2,3)13-30-23)16-6-7-17-15-8-11-27-21(32-27)19(28)20-22(31-20)26(27,5)18(15)9-10-25(16,17)4/h8,11,14-23,28H,6-7,9-10,12-13H2,1-5H3/t14?,15-,16+,17-,18-,19-,20-,21+,22-,25+,26-,27+/m0/s1. The molecule has 178 valence electrons. The molecule has 0 aromatic heterocycles. The molecule has 0 amide bonds. The molecule has 1 spiro atoms. The molecule has 0 radical (unpaired) electrons. The summed E-state index contributed by atoms with van der Waals surface area (Å²) in [6, 6.07) is 0. The van der Waals surface area contributed by atoms with Crippen LogP contribution in [0.1, 0.15) is 60.3 Å². The largest absolute Gasteiger partial charge is 0.387 e. The van der Waals surface area contributed by atoms with E-state index >= 15 is 0 Å². The molecule has 1 unspecified atom stereocenters. The van der Waals surface area contributed by atoms with Crippen LogP contribution in [0.15, 0.2) is 12.2 Å². The van der Waals surface area contributed by atoms with Crippen LogP contribution in [0, 0.1) is 45.8 Å². The summed E-state index contributed by atoms with van der Waals surface area (Å²) in [7, 11) is 0. The summed E-state index contributed by atoms with van der Waals surface area (Å²) in [5.41, 5.74) is 0.148. The van der Waals surface area contributed by atoms with Gasteiger partial charge in [0.25, 0.3) is 0 Å². The van der Waals surface area contributed by atoms with Crippen LogP contribution < -0.4 is 0 Å². The van der Waals surface area contributed by atoms with Gasteiger partial charge in [-0.05, 0) is 54.8 Å². The molecule has 0 aromatic carbocycles. The van der Waals surface area contributed by atoms with Gasteiger partial charge in [0.2, 0.25) is 0 Å². The summed E-state index contributed by atoms with van der Waals surface area (Å²) < 4.78 is 24.9. The van der Waals surface area contributed by atoms with Crippen molar-refractivity contribution in [3.8, 4) is 0 Å². The third-order valence-corrected chi connectivity index (χ3v) is 11.4. The first-order valence-electron chi connectivity index (χ1n) is 13.1. The van der Waals surface area contributed by atoms with E-state index in [9.17, 15) is 5.11 Å². The van der Waals surface area contributed by atoms with Gasteiger partial charge >= 0.3 is 0 Å². The summed E-state index contributed by atoms with van der Waals surface area (Å²) in [5, 5.41) is 10.6. The van der Waals surface area contributed by atoms with Crippen LogP contribution in [0.2, 0.25) is 0 Å². The fraction of sp³-hybridized carbons (Fsp3) is 0.926. The average molecular weight is 445 g/mol. The van der Waals surface area contributed by atoms with Crippen molar-refractivity contribution in [1.29, 1.82) is 0 Å². The second-order valence-electron chi connectivity index (χ2n) is 13.5. The lowest BCUT2D eigenvalue weighted by molar-refractivity contribution is -0.253. The normalized spacial score (nSPS) is 60.4. The quantitative estimate of drug-likeness (QED) is 0.516. The molecule has 5 nitrogen and oxygen atoms in total. The van der Waals surface area contributed by atoms with Crippen molar-refractivity contribution in [2.75, 3.05) is 13.2 Å². The van der Waals surface area contributed by atoms with E-state index in [4.69, 9.17) is 18.9 Å². The average Bonchev–Trinajstić information content (AvgIpc) is 3.65. The first-order chi connectivity index (χ1) is 15.1. The van der Waals surface area contributed by atoms with Gasteiger partial charge in [-0.25, -0.2) is 0 Å². The minimum atomic E-state index is -0.458. The Morgan fingerprint density at radius 2 is 1.72 bits per heavy atom. The summed E-state index contributed by atoms with van der Waals surface area (Å²) in [4.78, 5) is 0. The van der Waals surface area contributed by atoms with Gasteiger partial charge in [-0.3, -0.25) is 0 Å². The van der Waals surface area contributed by atoms with E-state index in [2.05, 4.69) is 46.8 Å². The summed E-state index contributed by atoms with van der Waals surface area (Å²) in [5.74, 6) is 2.92. The molecule has 32 heavy (non-hydrogen) atoms. The molecule has 0 aromatic rings. The van der Waals surface area contributed by atoms with Gasteiger partial charge in [-0.15, -0.1) is 0 Å². The summed E-state index contributed by atoms with van der Waals surface area (Å²) >= 11 is 0. The predicted molar refractivity (Wildman–Crippen MR) is 119 cm³/mol. The summed E-state index contributed by atoms with van der Waals surface area (Å²) in [6.07, 6.45) is 9.44. The van der Waals surface area contributed by atoms with E-state index in [-0.39, 0.29) is 41.0 Å². The van der Waals surface area contributed by atoms with Crippen LogP contribution in [0.3, 0.4) is 0 Å². The highest BCUT2D eigenvalue weighted by molar-refractivity contribution is 5.39. The minimum Gasteiger partial charge on any atom is -0.387 e. The molecule has 6 fully saturated rings. The number of hydrogen-bond acceptors (Lipinski definition) is 5. The number of allylic oxidation sites excluding steroid dienone is 1. The monoisotopic (exact) mass is 444 g/mol. The molecule has 3 aliphatic heterocycles. The highest BCUT2D eigenvalue weighted by atomic mass is 16.7. The molecule has 12 atom stereocenters. The topological polar surface area (TPSA) is 63.8 Å². The first-order valence-corrected chi connectivity index (χ1v) is 13.1. The SMILES string of the molecule is CC(C1OCC(C)(C)CO1)[C@H]1CC[C@H]2[C@@H]3C=C[C@@]45O[C@@H]4[C@@H](O)[C@@H]4O[C@@H]4[C@]5(C)[C@H]3CC[C@]12C. The van der Waals surface area contributed by atoms with Crippen LogP contribution >= 0.6 is 0 Å². The van der Waals surface area contributed by atoms with Gasteiger partial charge in [0.15, 0.2) is 6.29 Å². The zero-order valence-corrected chi connectivity index (χ0v) is 20.3. The van der Waals surface area contributed by atoms with Gasteiger partial charge in [-0.1, -0.05) is 46.8 Å². The third-order valence-electron chi connectivity index (χ3n) is 11.4. The maximum atomic E-state index is 10.6. The molecule has 3 heterocycles. The Labute approximate surface area is 192 Å². The number of epoxide rings is 2. The van der Waals surface area contributed by atoms with Crippen LogP contribution in [0.25, 0.3) is 0 Å². The molecule has 4 aliphatic carbocycles. The molecular weight excluding hydrogens is 404 g/mol. The van der Waals surface area contributed by atoms with Crippen LogP contribution in [0.5, 0.6) is 0 Å². The molecule has 0 bridgehead atoms. The van der Waals surface area contributed by atoms with Gasteiger partial charge in [0.05, 0.1) is 19.3 Å². The van der Waals surface area contributed by atoms with Gasteiger partial charge < -0.3 is 24.1 Å². The molecule has 3 saturated carbocycles. The Kier molecular flexibility index (Phi) is 4.05. The van der Waals surface area contributed by atoms with Crippen molar-refractivity contribution in [3.63, 3.8) is 0 Å². The van der Waals surface area contributed by atoms with E-state index in [1.807, 2.05) is 0 Å². The Morgan fingerprint density at radius 1 is 0.969 bits per heavy atom. The third kappa shape index (κ3) is 2.38. The fourth-order valence-corrected chi connectivity index (χ4v) is 9.53. The van der Waals surface area contributed by atoms with Crippen molar-refractivity contribution in [1.82, 2.24) is 0 Å². The molecule has 1 N–H and O–H groups in total. The van der Waals surface area contributed by atoms with E-state index in [1.54, 1.807) is 0 Å². The molecule has 5 heteroatoms. The van der Waals surface area contributed by atoms with Crippen molar-refractivity contribution in [2.45, 2.75) is 96.6 Å². The Bertz CT molecular complexity index is 845. The number of rotatable bonds is 2. The van der Waals surface area contributed by atoms with E-state index in [1.165, 1.54) is 25.7 Å². The predicted octanol–water partition coefficient (Wildman–Crippen LogP) is 3.94. The van der Waals surface area contributed by atoms with Gasteiger partial charge in [-0.2, -0.15) is 0 Å². The van der Waals surface area contributed by atoms with E-state index < -0.39 is 6.10 Å². The second kappa shape index (κ2) is 6.20. The van der Waals surface area contributed by atoms with Crippen LogP contribution in [0.4, 0.5) is 0 Å². The minimum absolute atomic E-state index is 0.00676. The number of aliphatic hydroxyl groups is 1. The Hall–Kier alpha value is -0.460. The molecule has 7 rings (SSSR count). The number of fused-ring (bicyclic) bond motifs is 6. The van der Waals surface area contributed by atoms with Crippen molar-refractivity contribution in [2.24, 2.45) is 45.8 Å². The lowest BCUT2D eigenvalue weighted by Gasteiger charge is -2.57. The Morgan fingerprint density at radius 3 is 2.47 bits per heavy atom. The molecule has 3 saturated heterocycles. The van der Waals surface area contributed by atoms with Crippen molar-refractivity contribution >= 4 is 0 Å². The van der Waals surface area contributed by atoms with Gasteiger partial charge in [0.1, 0.15) is 23.9 Å². The zero-order chi connectivity index (χ0) is 22.3. The number of aliphatic hydroxyl groups excluding tert-OH is 1. The van der Waals surface area contributed by atoms with E-state index in [0.29, 0.717) is 35.0 Å². The van der Waals surface area contributed by atoms with Crippen LogP contribution in [-0.4, -0.2) is 54.6 Å². The van der Waals surface area contributed by atoms with Crippen molar-refractivity contribution < 1.29 is 24.1 Å². The maximum Gasteiger partial charge on any atom is 0.160 e. The smallest absolute Gasteiger partial charge is 0.160 e. The maximum absolute atomic E-state index is 10.6. The summed E-state index contributed by atoms with van der Waals surface area (Å²) in [6.45, 7) is 13.4. The molecule has 7 aliphatic rings. The van der Waals surface area contributed by atoms with E-state index in [0.717, 1.165) is 13.2 Å². The molecular formula is C27H40O5. The lowest BCUT2D eigenvalue weighted by Crippen LogP contribution is -2.60. The number of hydrogen-bond donors (Lipinski definition) is 1. The van der Waals surface area contributed by atoms with Gasteiger partial charge in [0, 0.05) is 16.7 Å². The Balaban J connectivity index is 1.16.